The van der Waals surface area contributed by atoms with Crippen molar-refractivity contribution in [1.82, 2.24) is 5.32 Å². The second kappa shape index (κ2) is 6.50. The lowest BCUT2D eigenvalue weighted by molar-refractivity contribution is -0.131. The largest absolute Gasteiger partial charge is 0.352 e. The highest BCUT2D eigenvalue weighted by molar-refractivity contribution is 5.82. The second-order valence-corrected chi connectivity index (χ2v) is 4.50. The van der Waals surface area contributed by atoms with E-state index in [4.69, 9.17) is 5.73 Å². The molecular formula is C14H21FN2O. The molecule has 0 spiro atoms. The van der Waals surface area contributed by atoms with Crippen molar-refractivity contribution in [3.05, 3.63) is 35.6 Å². The van der Waals surface area contributed by atoms with Gasteiger partial charge < -0.3 is 11.1 Å². The van der Waals surface area contributed by atoms with Crippen LogP contribution in [0.2, 0.25) is 0 Å². The number of amides is 1. The number of nitrogens with two attached hydrogens (primary N) is 1. The van der Waals surface area contributed by atoms with Gasteiger partial charge in [-0.2, -0.15) is 0 Å². The highest BCUT2D eigenvalue weighted by Crippen LogP contribution is 2.25. The fourth-order valence-electron chi connectivity index (χ4n) is 1.97. The summed E-state index contributed by atoms with van der Waals surface area (Å²) in [5, 5.41) is 2.83. The molecule has 0 fully saturated rings. The highest BCUT2D eigenvalue weighted by Gasteiger charge is 2.32. The zero-order valence-electron chi connectivity index (χ0n) is 11.0. The Morgan fingerprint density at radius 3 is 2.56 bits per heavy atom. The molecule has 0 aliphatic heterocycles. The Kier molecular flexibility index (Phi) is 5.28. The summed E-state index contributed by atoms with van der Waals surface area (Å²) in [6.07, 6.45) is 1.41. The average Bonchev–Trinajstić information content (AvgIpc) is 2.39. The monoisotopic (exact) mass is 252 g/mol. The molecule has 100 valence electrons. The maximum atomic E-state index is 13.0. The Hall–Kier alpha value is -1.42. The Bertz CT molecular complexity index is 394. The predicted molar refractivity (Wildman–Crippen MR) is 70.3 cm³/mol. The molecule has 0 bridgehead atoms. The van der Waals surface area contributed by atoms with Gasteiger partial charge in [0.05, 0.1) is 5.41 Å². The van der Waals surface area contributed by atoms with E-state index < -0.39 is 5.41 Å². The van der Waals surface area contributed by atoms with Crippen molar-refractivity contribution < 1.29 is 9.18 Å². The molecule has 3 N–H and O–H groups in total. The van der Waals surface area contributed by atoms with Crippen LogP contribution in [0.1, 0.15) is 32.3 Å². The third-order valence-corrected chi connectivity index (χ3v) is 3.57. The molecular weight excluding hydrogens is 231 g/mol. The number of hydrogen-bond acceptors (Lipinski definition) is 2. The fraction of sp³-hybridized carbons (Fsp3) is 0.500. The van der Waals surface area contributed by atoms with Crippen molar-refractivity contribution in [3.63, 3.8) is 0 Å². The summed E-state index contributed by atoms with van der Waals surface area (Å²) < 4.78 is 13.0. The first-order valence-corrected chi connectivity index (χ1v) is 6.30. The minimum Gasteiger partial charge on any atom is -0.352 e. The van der Waals surface area contributed by atoms with Gasteiger partial charge in [-0.05, 0) is 30.5 Å². The summed E-state index contributed by atoms with van der Waals surface area (Å²) in [6.45, 7) is 4.57. The van der Waals surface area contributed by atoms with Crippen LogP contribution >= 0.6 is 0 Å². The average molecular weight is 252 g/mol. The van der Waals surface area contributed by atoms with E-state index in [1.165, 1.54) is 12.1 Å². The lowest BCUT2D eigenvalue weighted by Gasteiger charge is -2.28. The lowest BCUT2D eigenvalue weighted by atomic mass is 9.81. The van der Waals surface area contributed by atoms with E-state index in [1.807, 2.05) is 13.8 Å². The van der Waals surface area contributed by atoms with Crippen LogP contribution in [0.15, 0.2) is 24.3 Å². The molecule has 3 nitrogen and oxygen atoms in total. The van der Waals surface area contributed by atoms with Crippen LogP contribution in [-0.4, -0.2) is 12.5 Å². The van der Waals surface area contributed by atoms with Crippen molar-refractivity contribution >= 4 is 5.91 Å². The molecule has 0 radical (unpaired) electrons. The maximum Gasteiger partial charge on any atom is 0.227 e. The standard InChI is InChI=1S/C14H21FN2O/c1-3-14(4-2,10-16)13(18)17-9-11-6-5-7-12(15)8-11/h5-8H,3-4,9-10,16H2,1-2H3,(H,17,18). The molecule has 0 saturated heterocycles. The van der Waals surface area contributed by atoms with Crippen molar-refractivity contribution in [3.8, 4) is 0 Å². The molecule has 4 heteroatoms. The van der Waals surface area contributed by atoms with E-state index in [0.29, 0.717) is 25.9 Å². The molecule has 0 aliphatic rings. The van der Waals surface area contributed by atoms with Gasteiger partial charge >= 0.3 is 0 Å². The third kappa shape index (κ3) is 3.29. The smallest absolute Gasteiger partial charge is 0.227 e. The van der Waals surface area contributed by atoms with E-state index in [2.05, 4.69) is 5.32 Å². The van der Waals surface area contributed by atoms with E-state index in [0.717, 1.165) is 5.56 Å². The molecule has 1 aromatic rings. The van der Waals surface area contributed by atoms with Crippen LogP contribution in [-0.2, 0) is 11.3 Å². The predicted octanol–water partition coefficient (Wildman–Crippen LogP) is 2.21. The van der Waals surface area contributed by atoms with Gasteiger partial charge in [0.25, 0.3) is 0 Å². The van der Waals surface area contributed by atoms with Gasteiger partial charge in [0.15, 0.2) is 0 Å². The number of rotatable bonds is 6. The first kappa shape index (κ1) is 14.6. The Morgan fingerprint density at radius 1 is 1.39 bits per heavy atom. The quantitative estimate of drug-likeness (QED) is 0.815. The van der Waals surface area contributed by atoms with Crippen molar-refractivity contribution in [1.29, 1.82) is 0 Å². The van der Waals surface area contributed by atoms with E-state index in [-0.39, 0.29) is 11.7 Å². The number of halogens is 1. The number of nitrogens with one attached hydrogen (secondary N) is 1. The Labute approximate surface area is 108 Å². The zero-order valence-corrected chi connectivity index (χ0v) is 11.0. The van der Waals surface area contributed by atoms with Crippen LogP contribution in [0, 0.1) is 11.2 Å². The van der Waals surface area contributed by atoms with E-state index in [1.54, 1.807) is 12.1 Å². The molecule has 1 amide bonds. The Balaban J connectivity index is 2.65. The highest BCUT2D eigenvalue weighted by atomic mass is 19.1. The first-order valence-electron chi connectivity index (χ1n) is 6.30. The molecule has 0 aliphatic carbocycles. The van der Waals surface area contributed by atoms with Gasteiger partial charge in [0, 0.05) is 13.1 Å². The van der Waals surface area contributed by atoms with Gasteiger partial charge in [0.1, 0.15) is 5.82 Å². The minimum absolute atomic E-state index is 0.0562. The molecule has 0 unspecified atom stereocenters. The summed E-state index contributed by atoms with van der Waals surface area (Å²) in [5.41, 5.74) is 5.95. The van der Waals surface area contributed by atoms with Crippen LogP contribution in [0.4, 0.5) is 4.39 Å². The van der Waals surface area contributed by atoms with Crippen LogP contribution in [0.5, 0.6) is 0 Å². The van der Waals surface area contributed by atoms with Crippen molar-refractivity contribution in [2.24, 2.45) is 11.1 Å². The van der Waals surface area contributed by atoms with E-state index >= 15 is 0 Å². The number of benzene rings is 1. The van der Waals surface area contributed by atoms with Gasteiger partial charge in [0.2, 0.25) is 5.91 Å². The van der Waals surface area contributed by atoms with Crippen molar-refractivity contribution in [2.45, 2.75) is 33.2 Å². The summed E-state index contributed by atoms with van der Waals surface area (Å²) in [5.74, 6) is -0.350. The molecule has 1 aromatic carbocycles. The molecule has 0 saturated carbocycles. The topological polar surface area (TPSA) is 55.1 Å². The number of hydrogen-bond donors (Lipinski definition) is 2. The molecule has 18 heavy (non-hydrogen) atoms. The lowest BCUT2D eigenvalue weighted by Crippen LogP contribution is -2.45. The molecule has 0 atom stereocenters. The third-order valence-electron chi connectivity index (χ3n) is 3.57. The van der Waals surface area contributed by atoms with Gasteiger partial charge in [-0.1, -0.05) is 26.0 Å². The van der Waals surface area contributed by atoms with Crippen LogP contribution < -0.4 is 11.1 Å². The fourth-order valence-corrected chi connectivity index (χ4v) is 1.97. The first-order chi connectivity index (χ1) is 8.57. The maximum absolute atomic E-state index is 13.0. The van der Waals surface area contributed by atoms with E-state index in [9.17, 15) is 9.18 Å². The Morgan fingerprint density at radius 2 is 2.06 bits per heavy atom. The SMILES string of the molecule is CCC(CC)(CN)C(=O)NCc1cccc(F)c1. The summed E-state index contributed by atoms with van der Waals surface area (Å²) in [4.78, 5) is 12.1. The van der Waals surface area contributed by atoms with Gasteiger partial charge in [-0.25, -0.2) is 4.39 Å². The minimum atomic E-state index is -0.507. The number of carbonyl (C=O) groups is 1. The summed E-state index contributed by atoms with van der Waals surface area (Å²) >= 11 is 0. The molecule has 0 heterocycles. The summed E-state index contributed by atoms with van der Waals surface area (Å²) in [6, 6.07) is 6.22. The van der Waals surface area contributed by atoms with Crippen LogP contribution in [0.25, 0.3) is 0 Å². The van der Waals surface area contributed by atoms with Gasteiger partial charge in [-0.15, -0.1) is 0 Å². The zero-order chi connectivity index (χ0) is 13.6. The van der Waals surface area contributed by atoms with Crippen LogP contribution in [0.3, 0.4) is 0 Å². The molecule has 1 rings (SSSR count). The molecule has 0 aromatic heterocycles. The normalized spacial score (nSPS) is 11.3. The van der Waals surface area contributed by atoms with Gasteiger partial charge in [-0.3, -0.25) is 4.79 Å². The number of carbonyl (C=O) groups excluding carboxylic acids is 1. The summed E-state index contributed by atoms with van der Waals surface area (Å²) in [7, 11) is 0. The second-order valence-electron chi connectivity index (χ2n) is 4.50. The van der Waals surface area contributed by atoms with Crippen molar-refractivity contribution in [2.75, 3.05) is 6.54 Å².